The molecule has 2 rings (SSSR count). The Morgan fingerprint density at radius 3 is 2.79 bits per heavy atom. The number of para-hydroxylation sites is 2. The molecule has 0 atom stereocenters. The van der Waals surface area contributed by atoms with Gasteiger partial charge in [-0.25, -0.2) is 8.42 Å². The third-order valence-electron chi connectivity index (χ3n) is 2.67. The highest BCUT2D eigenvalue weighted by Crippen LogP contribution is 2.24. The van der Waals surface area contributed by atoms with Crippen LogP contribution in [-0.4, -0.2) is 38.1 Å². The summed E-state index contributed by atoms with van der Waals surface area (Å²) >= 11 is 1.61. The first-order chi connectivity index (χ1) is 11.4. The Morgan fingerprint density at radius 1 is 1.33 bits per heavy atom. The molecule has 130 valence electrons. The second kappa shape index (κ2) is 8.65. The second-order valence-corrected chi connectivity index (χ2v) is 7.51. The molecule has 0 unspecified atom stereocenters. The molecule has 2 aromatic rings. The van der Waals surface area contributed by atoms with Gasteiger partial charge in [-0.15, -0.1) is 4.40 Å². The molecule has 0 saturated carbocycles. The van der Waals surface area contributed by atoms with Gasteiger partial charge in [-0.1, -0.05) is 12.1 Å². The van der Waals surface area contributed by atoms with Gasteiger partial charge in [-0.2, -0.15) is 11.8 Å². The lowest BCUT2D eigenvalue weighted by molar-refractivity contribution is 0.427. The Kier molecular flexibility index (Phi) is 6.56. The van der Waals surface area contributed by atoms with Gasteiger partial charge >= 0.3 is 6.02 Å². The molecule has 2 N–H and O–H groups in total. The molecule has 0 bridgehead atoms. The fourth-order valence-electron chi connectivity index (χ4n) is 1.68. The molecule has 1 aromatic heterocycles. The second-order valence-electron chi connectivity index (χ2n) is 4.76. The molecule has 9 heteroatoms. The van der Waals surface area contributed by atoms with Crippen LogP contribution in [0.1, 0.15) is 5.76 Å². The van der Waals surface area contributed by atoms with E-state index in [9.17, 15) is 13.5 Å². The van der Waals surface area contributed by atoms with Crippen molar-refractivity contribution in [2.75, 3.05) is 18.6 Å². The number of hydrogen-bond acceptors (Lipinski definition) is 6. The number of sulfonamides is 1. The summed E-state index contributed by atoms with van der Waals surface area (Å²) in [5.41, 5.74) is 0. The van der Waals surface area contributed by atoms with Gasteiger partial charge < -0.3 is 19.6 Å². The fraction of sp³-hybridized carbons (Fsp3) is 0.267. The van der Waals surface area contributed by atoms with Crippen molar-refractivity contribution < 1.29 is 22.7 Å². The number of phenolic OH excluding ortho intramolecular Hbond substituents is 1. The summed E-state index contributed by atoms with van der Waals surface area (Å²) in [7, 11) is -3.64. The van der Waals surface area contributed by atoms with Crippen LogP contribution in [0.2, 0.25) is 0 Å². The average Bonchev–Trinajstić information content (AvgIpc) is 3.01. The zero-order chi connectivity index (χ0) is 17.4. The maximum Gasteiger partial charge on any atom is 0.306 e. The molecule has 0 saturated heterocycles. The predicted molar refractivity (Wildman–Crippen MR) is 93.9 cm³/mol. The maximum atomic E-state index is 11.4. The Bertz CT molecular complexity index is 773. The summed E-state index contributed by atoms with van der Waals surface area (Å²) in [5.74, 6) is 2.29. The molecule has 1 heterocycles. The van der Waals surface area contributed by atoms with Crippen molar-refractivity contribution in [2.45, 2.75) is 5.75 Å². The molecule has 24 heavy (non-hydrogen) atoms. The van der Waals surface area contributed by atoms with Crippen molar-refractivity contribution in [2.24, 2.45) is 4.40 Å². The Balaban J connectivity index is 1.89. The number of nitrogens with zero attached hydrogens (tertiary/aromatic N) is 1. The van der Waals surface area contributed by atoms with E-state index in [4.69, 9.17) is 9.15 Å². The molecule has 0 aliphatic rings. The minimum Gasteiger partial charge on any atom is -0.504 e. The van der Waals surface area contributed by atoms with E-state index in [2.05, 4.69) is 9.71 Å². The largest absolute Gasteiger partial charge is 0.504 e. The van der Waals surface area contributed by atoms with Gasteiger partial charge in [-0.3, -0.25) is 0 Å². The molecule has 0 spiro atoms. The topological polar surface area (TPSA) is 101 Å². The SMILES string of the molecule is CS(=O)(=O)/N=C(/NCCSCc1ccco1)Oc1ccccc1O. The van der Waals surface area contributed by atoms with Crippen LogP contribution < -0.4 is 10.1 Å². The number of rotatable bonds is 7. The molecule has 0 aliphatic carbocycles. The van der Waals surface area contributed by atoms with Crippen LogP contribution in [-0.2, 0) is 15.8 Å². The van der Waals surface area contributed by atoms with E-state index >= 15 is 0 Å². The summed E-state index contributed by atoms with van der Waals surface area (Å²) < 4.78 is 36.8. The van der Waals surface area contributed by atoms with E-state index in [0.29, 0.717) is 18.1 Å². The van der Waals surface area contributed by atoms with E-state index in [-0.39, 0.29) is 17.5 Å². The zero-order valence-electron chi connectivity index (χ0n) is 13.0. The van der Waals surface area contributed by atoms with Gasteiger partial charge in [0.2, 0.25) is 0 Å². The minimum atomic E-state index is -3.64. The smallest absolute Gasteiger partial charge is 0.306 e. The van der Waals surface area contributed by atoms with Gasteiger partial charge in [-0.05, 0) is 24.3 Å². The van der Waals surface area contributed by atoms with Gasteiger partial charge in [0, 0.05) is 12.3 Å². The molecule has 0 fully saturated rings. The van der Waals surface area contributed by atoms with E-state index in [1.165, 1.54) is 12.1 Å². The number of furan rings is 1. The van der Waals surface area contributed by atoms with Crippen LogP contribution in [0.25, 0.3) is 0 Å². The van der Waals surface area contributed by atoms with E-state index in [1.54, 1.807) is 30.2 Å². The maximum absolute atomic E-state index is 11.4. The number of thioether (sulfide) groups is 1. The molecule has 0 radical (unpaired) electrons. The summed E-state index contributed by atoms with van der Waals surface area (Å²) in [6, 6.07) is 9.77. The van der Waals surface area contributed by atoms with E-state index in [1.807, 2.05) is 12.1 Å². The third kappa shape index (κ3) is 6.55. The lowest BCUT2D eigenvalue weighted by Crippen LogP contribution is -2.31. The normalized spacial score (nSPS) is 12.1. The highest BCUT2D eigenvalue weighted by atomic mass is 32.2. The number of benzene rings is 1. The van der Waals surface area contributed by atoms with Crippen molar-refractivity contribution in [3.8, 4) is 11.5 Å². The Morgan fingerprint density at radius 2 is 2.12 bits per heavy atom. The summed E-state index contributed by atoms with van der Waals surface area (Å²) in [5, 5.41) is 12.5. The number of nitrogens with one attached hydrogen (secondary N) is 1. The third-order valence-corrected chi connectivity index (χ3v) is 4.15. The fourth-order valence-corrected chi connectivity index (χ4v) is 2.84. The number of phenols is 1. The molecule has 7 nitrogen and oxygen atoms in total. The Labute approximate surface area is 144 Å². The monoisotopic (exact) mass is 370 g/mol. The van der Waals surface area contributed by atoms with Gasteiger partial charge in [0.1, 0.15) is 5.76 Å². The Hall–Kier alpha value is -2.13. The van der Waals surface area contributed by atoms with Crippen molar-refractivity contribution in [3.05, 3.63) is 48.4 Å². The van der Waals surface area contributed by atoms with Crippen LogP contribution >= 0.6 is 11.8 Å². The number of ether oxygens (including phenoxy) is 1. The first-order valence-corrected chi connectivity index (χ1v) is 10.0. The van der Waals surface area contributed by atoms with Crippen molar-refractivity contribution >= 4 is 27.8 Å². The lowest BCUT2D eigenvalue weighted by Gasteiger charge is -2.11. The van der Waals surface area contributed by atoms with Crippen LogP contribution in [0, 0.1) is 0 Å². The summed E-state index contributed by atoms with van der Waals surface area (Å²) in [4.78, 5) is 0. The van der Waals surface area contributed by atoms with Gasteiger partial charge in [0.25, 0.3) is 10.0 Å². The summed E-state index contributed by atoms with van der Waals surface area (Å²) in [6.07, 6.45) is 2.58. The zero-order valence-corrected chi connectivity index (χ0v) is 14.6. The number of amidine groups is 1. The number of hydrogen-bond donors (Lipinski definition) is 2. The first kappa shape index (κ1) is 18.2. The van der Waals surface area contributed by atoms with Crippen molar-refractivity contribution in [3.63, 3.8) is 0 Å². The molecular formula is C15H18N2O5S2. The van der Waals surface area contributed by atoms with E-state index < -0.39 is 10.0 Å². The van der Waals surface area contributed by atoms with E-state index in [0.717, 1.165) is 12.0 Å². The van der Waals surface area contributed by atoms with Gasteiger partial charge in [0.05, 0.1) is 18.3 Å². The molecule has 1 aromatic carbocycles. The average molecular weight is 370 g/mol. The van der Waals surface area contributed by atoms with Crippen LogP contribution in [0.15, 0.2) is 51.5 Å². The molecule has 0 amide bonds. The standard InChI is InChI=1S/C15H18N2O5S2/c1-24(19,20)17-15(22-14-7-3-2-6-13(14)18)16-8-10-23-11-12-5-4-9-21-12/h2-7,9,18H,8,10-11H2,1H3,(H,16,17). The van der Waals surface area contributed by atoms with Crippen LogP contribution in [0.3, 0.4) is 0 Å². The number of aromatic hydroxyl groups is 1. The lowest BCUT2D eigenvalue weighted by atomic mass is 10.3. The quantitative estimate of drug-likeness (QED) is 0.438. The molecular weight excluding hydrogens is 352 g/mol. The van der Waals surface area contributed by atoms with Crippen LogP contribution in [0.4, 0.5) is 0 Å². The van der Waals surface area contributed by atoms with Crippen molar-refractivity contribution in [1.29, 1.82) is 0 Å². The molecule has 0 aliphatic heterocycles. The highest BCUT2D eigenvalue weighted by molar-refractivity contribution is 7.98. The minimum absolute atomic E-state index is 0.104. The predicted octanol–water partition coefficient (Wildman–Crippen LogP) is 2.20. The van der Waals surface area contributed by atoms with Gasteiger partial charge in [0.15, 0.2) is 11.5 Å². The highest BCUT2D eigenvalue weighted by Gasteiger charge is 2.10. The first-order valence-electron chi connectivity index (χ1n) is 7.04. The van der Waals surface area contributed by atoms with Crippen LogP contribution in [0.5, 0.6) is 11.5 Å². The van der Waals surface area contributed by atoms with Crippen molar-refractivity contribution in [1.82, 2.24) is 5.32 Å². The summed E-state index contributed by atoms with van der Waals surface area (Å²) in [6.45, 7) is 0.438.